The zero-order chi connectivity index (χ0) is 25.7. The van der Waals surface area contributed by atoms with Crippen LogP contribution in [0.4, 0.5) is 0 Å². The molecular formula is C24H24N4O6S2. The summed E-state index contributed by atoms with van der Waals surface area (Å²) >= 11 is 0.760. The molecule has 0 atom stereocenters. The van der Waals surface area contributed by atoms with Gasteiger partial charge in [0, 0.05) is 0 Å². The van der Waals surface area contributed by atoms with Gasteiger partial charge in [-0.1, -0.05) is 31.2 Å². The van der Waals surface area contributed by atoms with Gasteiger partial charge in [0.1, 0.15) is 24.8 Å². The number of para-hydroxylation sites is 1. The molecule has 36 heavy (non-hydrogen) atoms. The molecule has 10 nitrogen and oxygen atoms in total. The molecule has 0 aromatic heterocycles. The maximum Gasteiger partial charge on any atom is 0.283 e. The third kappa shape index (κ3) is 5.44. The highest BCUT2D eigenvalue weighted by Gasteiger charge is 2.42. The van der Waals surface area contributed by atoms with Gasteiger partial charge in [-0.05, 0) is 42.8 Å². The molecular weight excluding hydrogens is 504 g/mol. The van der Waals surface area contributed by atoms with Gasteiger partial charge >= 0.3 is 0 Å². The predicted molar refractivity (Wildman–Crippen MR) is 140 cm³/mol. The van der Waals surface area contributed by atoms with Crippen molar-refractivity contribution in [2.45, 2.75) is 13.8 Å². The summed E-state index contributed by atoms with van der Waals surface area (Å²) in [4.78, 5) is 17.7. The Hall–Kier alpha value is -3.64. The van der Waals surface area contributed by atoms with Gasteiger partial charge in [0.2, 0.25) is 20.2 Å². The van der Waals surface area contributed by atoms with E-state index in [0.29, 0.717) is 30.3 Å². The topological polar surface area (TPSA) is 131 Å². The number of aliphatic imine (C=N–C) groups is 1. The first kappa shape index (κ1) is 25.5. The lowest BCUT2D eigenvalue weighted by molar-refractivity contribution is -0.114. The number of carbonyl (C=O) groups is 1. The van der Waals surface area contributed by atoms with Crippen LogP contribution in [0.3, 0.4) is 0 Å². The van der Waals surface area contributed by atoms with E-state index in [0.717, 1.165) is 22.6 Å². The van der Waals surface area contributed by atoms with E-state index in [-0.39, 0.29) is 34.1 Å². The molecule has 0 bridgehead atoms. The lowest BCUT2D eigenvalue weighted by Gasteiger charge is -2.24. The van der Waals surface area contributed by atoms with Gasteiger partial charge in [-0.2, -0.15) is 9.39 Å². The Morgan fingerprint density at radius 1 is 1.03 bits per heavy atom. The number of rotatable bonds is 9. The minimum Gasteiger partial charge on any atom is -0.490 e. The van der Waals surface area contributed by atoms with Crippen LogP contribution in [0.15, 0.2) is 63.5 Å². The molecule has 0 aliphatic carbocycles. The van der Waals surface area contributed by atoms with E-state index < -0.39 is 15.7 Å². The van der Waals surface area contributed by atoms with Crippen LogP contribution in [0, 0.1) is 5.41 Å². The fourth-order valence-electron chi connectivity index (χ4n) is 3.33. The standard InChI is InChI=1S/C24H24N4O6S2/c1-3-32-20-15-16(10-11-19(20)34-13-12-33-17-8-6-5-7-9-17)14-18-21(25)28-23(26-22(18)29)35-27-24(28)36(30,31)4-2/h5-11,14-15,25H,3-4,12-13H2,1-2H3. The molecule has 2 heterocycles. The van der Waals surface area contributed by atoms with Gasteiger partial charge in [-0.15, -0.1) is 0 Å². The Labute approximate surface area is 213 Å². The fraction of sp³-hybridized carbons (Fsp3) is 0.250. The van der Waals surface area contributed by atoms with Gasteiger partial charge in [0.25, 0.3) is 5.91 Å². The molecule has 0 saturated heterocycles. The molecule has 1 N–H and O–H groups in total. The molecule has 0 fully saturated rings. The number of fused-ring (bicyclic) bond motifs is 1. The molecule has 12 heteroatoms. The molecule has 2 aliphatic heterocycles. The average molecular weight is 529 g/mol. The lowest BCUT2D eigenvalue weighted by atomic mass is 10.1. The Kier molecular flexibility index (Phi) is 7.75. The molecule has 2 aliphatic rings. The lowest BCUT2D eigenvalue weighted by Crippen LogP contribution is -2.45. The van der Waals surface area contributed by atoms with E-state index >= 15 is 0 Å². The number of amides is 1. The second kappa shape index (κ2) is 11.0. The number of carbonyl (C=O) groups excluding carboxylic acids is 1. The maximum absolute atomic E-state index is 12.6. The molecule has 0 saturated carbocycles. The van der Waals surface area contributed by atoms with Crippen LogP contribution in [0.2, 0.25) is 0 Å². The van der Waals surface area contributed by atoms with E-state index in [1.54, 1.807) is 18.2 Å². The number of hydrogen-bond donors (Lipinski definition) is 1. The number of sulfone groups is 1. The zero-order valence-corrected chi connectivity index (χ0v) is 21.3. The Morgan fingerprint density at radius 3 is 2.50 bits per heavy atom. The van der Waals surface area contributed by atoms with E-state index in [1.165, 1.54) is 13.0 Å². The smallest absolute Gasteiger partial charge is 0.283 e. The van der Waals surface area contributed by atoms with Crippen LogP contribution >= 0.6 is 11.9 Å². The SMILES string of the molecule is CCOc1cc(C=C2C(=N)N3C(=NC2=O)SN=C3S(=O)(=O)CC)ccc1OCCOc1ccccc1. The molecule has 0 unspecified atom stereocenters. The highest BCUT2D eigenvalue weighted by Crippen LogP contribution is 2.32. The number of hydrogen-bond acceptors (Lipinski definition) is 9. The van der Waals surface area contributed by atoms with Gasteiger partial charge < -0.3 is 14.2 Å². The third-order valence-corrected chi connectivity index (χ3v) is 7.49. The highest BCUT2D eigenvalue weighted by molar-refractivity contribution is 8.16. The summed E-state index contributed by atoms with van der Waals surface area (Å²) in [6, 6.07) is 14.5. The maximum atomic E-state index is 12.6. The number of amidine groups is 3. The van der Waals surface area contributed by atoms with Crippen molar-refractivity contribution < 1.29 is 27.4 Å². The van der Waals surface area contributed by atoms with Crippen LogP contribution in [-0.4, -0.2) is 61.0 Å². The van der Waals surface area contributed by atoms with Crippen LogP contribution in [0.5, 0.6) is 17.2 Å². The predicted octanol–water partition coefficient (Wildman–Crippen LogP) is 3.55. The Balaban J connectivity index is 1.52. The average Bonchev–Trinajstić information content (AvgIpc) is 3.31. The molecule has 0 radical (unpaired) electrons. The van der Waals surface area contributed by atoms with Gasteiger partial charge in [0.15, 0.2) is 11.5 Å². The molecule has 188 valence electrons. The van der Waals surface area contributed by atoms with E-state index in [9.17, 15) is 13.2 Å². The first-order chi connectivity index (χ1) is 17.3. The quantitative estimate of drug-likeness (QED) is 0.297. The fourth-order valence-corrected chi connectivity index (χ4v) is 5.29. The zero-order valence-electron chi connectivity index (χ0n) is 19.6. The summed E-state index contributed by atoms with van der Waals surface area (Å²) in [6.07, 6.45) is 1.47. The molecule has 4 rings (SSSR count). The summed E-state index contributed by atoms with van der Waals surface area (Å²) in [7, 11) is -3.72. The molecule has 1 amide bonds. The molecule has 2 aromatic carbocycles. The van der Waals surface area contributed by atoms with Crippen LogP contribution in [0.1, 0.15) is 19.4 Å². The normalized spacial score (nSPS) is 16.5. The molecule has 2 aromatic rings. The van der Waals surface area contributed by atoms with Crippen molar-refractivity contribution in [2.75, 3.05) is 25.6 Å². The van der Waals surface area contributed by atoms with Crippen LogP contribution in [0.25, 0.3) is 6.08 Å². The minimum absolute atomic E-state index is 0.0469. The first-order valence-corrected chi connectivity index (χ1v) is 13.6. The third-order valence-electron chi connectivity index (χ3n) is 5.08. The number of nitrogens with one attached hydrogen (secondary N) is 1. The Morgan fingerprint density at radius 2 is 1.78 bits per heavy atom. The van der Waals surface area contributed by atoms with Gasteiger partial charge in [-0.25, -0.2) is 13.3 Å². The van der Waals surface area contributed by atoms with Crippen molar-refractivity contribution in [3.05, 3.63) is 59.7 Å². The van der Waals surface area contributed by atoms with Gasteiger partial charge in [-0.3, -0.25) is 10.2 Å². The van der Waals surface area contributed by atoms with Crippen molar-refractivity contribution in [3.63, 3.8) is 0 Å². The monoisotopic (exact) mass is 528 g/mol. The number of ether oxygens (including phenoxy) is 3. The van der Waals surface area contributed by atoms with Gasteiger partial charge in [0.05, 0.1) is 29.9 Å². The summed E-state index contributed by atoms with van der Waals surface area (Å²) in [5, 5.41) is 8.28. The highest BCUT2D eigenvalue weighted by atomic mass is 32.2. The van der Waals surface area contributed by atoms with Crippen molar-refractivity contribution >= 4 is 49.9 Å². The van der Waals surface area contributed by atoms with Crippen molar-refractivity contribution in [1.82, 2.24) is 4.90 Å². The Bertz CT molecular complexity index is 1370. The summed E-state index contributed by atoms with van der Waals surface area (Å²) in [5.74, 6) is 0.558. The van der Waals surface area contributed by atoms with Crippen molar-refractivity contribution in [1.29, 1.82) is 5.41 Å². The number of benzene rings is 2. The van der Waals surface area contributed by atoms with E-state index in [2.05, 4.69) is 9.39 Å². The summed E-state index contributed by atoms with van der Waals surface area (Å²) in [6.45, 7) is 4.34. The van der Waals surface area contributed by atoms with E-state index in [1.807, 2.05) is 37.3 Å². The van der Waals surface area contributed by atoms with E-state index in [4.69, 9.17) is 19.6 Å². The summed E-state index contributed by atoms with van der Waals surface area (Å²) in [5.41, 5.74) is 0.495. The second-order valence-electron chi connectivity index (χ2n) is 7.46. The first-order valence-electron chi connectivity index (χ1n) is 11.1. The summed E-state index contributed by atoms with van der Waals surface area (Å²) < 4.78 is 45.9. The van der Waals surface area contributed by atoms with Crippen LogP contribution < -0.4 is 14.2 Å². The number of nitrogens with zero attached hydrogens (tertiary/aromatic N) is 3. The second-order valence-corrected chi connectivity index (χ2v) is 10.4. The van der Waals surface area contributed by atoms with Crippen LogP contribution in [-0.2, 0) is 14.6 Å². The largest absolute Gasteiger partial charge is 0.490 e. The van der Waals surface area contributed by atoms with Crippen molar-refractivity contribution in [3.8, 4) is 17.2 Å². The van der Waals surface area contributed by atoms with Crippen molar-refractivity contribution in [2.24, 2.45) is 9.39 Å². The molecule has 0 spiro atoms. The minimum atomic E-state index is -3.72.